The average Bonchev–Trinajstić information content (AvgIpc) is 2.26. The molecule has 0 aliphatic rings. The first-order valence-corrected chi connectivity index (χ1v) is 4.44. The maximum absolute atomic E-state index is 12.7. The molecule has 0 aliphatic heterocycles. The van der Waals surface area contributed by atoms with Gasteiger partial charge in [0.2, 0.25) is 0 Å². The number of hydrogen-bond acceptors (Lipinski definition) is 4. The van der Waals surface area contributed by atoms with Crippen LogP contribution in [0, 0.1) is 0 Å². The zero-order valence-electron chi connectivity index (χ0n) is 9.09. The Bertz CT molecular complexity index is 443. The third-order valence-corrected chi connectivity index (χ3v) is 2.08. The summed E-state index contributed by atoms with van der Waals surface area (Å²) in [7, 11) is 2.17. The Labute approximate surface area is 95.1 Å². The highest BCUT2D eigenvalue weighted by atomic mass is 19.4. The molecule has 0 bridgehead atoms. The van der Waals surface area contributed by atoms with Gasteiger partial charge in [0.05, 0.1) is 31.0 Å². The fourth-order valence-electron chi connectivity index (χ4n) is 1.29. The van der Waals surface area contributed by atoms with E-state index in [-0.39, 0.29) is 11.4 Å². The maximum Gasteiger partial charge on any atom is 0.417 e. The number of ether oxygens (including phenoxy) is 2. The lowest BCUT2D eigenvalue weighted by Gasteiger charge is -2.14. The smallest absolute Gasteiger partial charge is 0.417 e. The molecule has 2 N–H and O–H groups in total. The largest absolute Gasteiger partial charge is 0.495 e. The Kier molecular flexibility index (Phi) is 3.50. The minimum Gasteiger partial charge on any atom is -0.495 e. The second-order valence-electron chi connectivity index (χ2n) is 3.13. The van der Waals surface area contributed by atoms with Gasteiger partial charge in [0.15, 0.2) is 0 Å². The van der Waals surface area contributed by atoms with Crippen molar-refractivity contribution in [2.45, 2.75) is 6.18 Å². The number of carbonyl (C=O) groups is 1. The van der Waals surface area contributed by atoms with Gasteiger partial charge in [0.1, 0.15) is 5.75 Å². The summed E-state index contributed by atoms with van der Waals surface area (Å²) in [5.74, 6) is -1.25. The standard InChI is InChI=1S/C10H10F3NO3/c1-16-8-4-6(10(11,12)13)5(3-7(8)14)9(15)17-2/h3-4H,14H2,1-2H3. The molecule has 1 aromatic carbocycles. The van der Waals surface area contributed by atoms with E-state index in [9.17, 15) is 18.0 Å². The van der Waals surface area contributed by atoms with Crippen molar-refractivity contribution in [3.05, 3.63) is 23.3 Å². The molecular weight excluding hydrogens is 239 g/mol. The number of nitrogen functional groups attached to an aromatic ring is 1. The van der Waals surface area contributed by atoms with Gasteiger partial charge in [-0.15, -0.1) is 0 Å². The van der Waals surface area contributed by atoms with Crippen molar-refractivity contribution in [2.75, 3.05) is 20.0 Å². The molecular formula is C10H10F3NO3. The molecule has 0 spiro atoms. The number of esters is 1. The lowest BCUT2D eigenvalue weighted by atomic mass is 10.1. The monoisotopic (exact) mass is 249 g/mol. The van der Waals surface area contributed by atoms with E-state index in [2.05, 4.69) is 9.47 Å². The number of benzene rings is 1. The van der Waals surface area contributed by atoms with Crippen LogP contribution in [0.25, 0.3) is 0 Å². The van der Waals surface area contributed by atoms with Crippen LogP contribution in [0.3, 0.4) is 0 Å². The first-order chi connectivity index (χ1) is 7.81. The van der Waals surface area contributed by atoms with E-state index in [1.807, 2.05) is 0 Å². The van der Waals surface area contributed by atoms with Gasteiger partial charge in [-0.05, 0) is 12.1 Å². The molecule has 0 amide bonds. The van der Waals surface area contributed by atoms with Gasteiger partial charge < -0.3 is 15.2 Å². The highest BCUT2D eigenvalue weighted by molar-refractivity contribution is 5.93. The van der Waals surface area contributed by atoms with Crippen LogP contribution in [0.5, 0.6) is 5.75 Å². The van der Waals surface area contributed by atoms with E-state index in [1.165, 1.54) is 7.11 Å². The summed E-state index contributed by atoms with van der Waals surface area (Å²) >= 11 is 0. The van der Waals surface area contributed by atoms with Crippen molar-refractivity contribution in [2.24, 2.45) is 0 Å². The molecule has 0 fully saturated rings. The summed E-state index contributed by atoms with van der Waals surface area (Å²) in [5, 5.41) is 0. The molecule has 0 heterocycles. The molecule has 0 saturated heterocycles. The van der Waals surface area contributed by atoms with Gasteiger partial charge in [-0.25, -0.2) is 4.79 Å². The number of nitrogens with two attached hydrogens (primary N) is 1. The molecule has 0 aromatic heterocycles. The highest BCUT2D eigenvalue weighted by Gasteiger charge is 2.36. The normalized spacial score (nSPS) is 11.1. The fraction of sp³-hybridized carbons (Fsp3) is 0.300. The van der Waals surface area contributed by atoms with Crippen molar-refractivity contribution in [3.8, 4) is 5.75 Å². The van der Waals surface area contributed by atoms with E-state index in [1.54, 1.807) is 0 Å². The van der Waals surface area contributed by atoms with Crippen LogP contribution < -0.4 is 10.5 Å². The molecule has 0 radical (unpaired) electrons. The van der Waals surface area contributed by atoms with Crippen LogP contribution in [0.4, 0.5) is 18.9 Å². The van der Waals surface area contributed by atoms with Crippen molar-refractivity contribution >= 4 is 11.7 Å². The molecule has 17 heavy (non-hydrogen) atoms. The first-order valence-electron chi connectivity index (χ1n) is 4.44. The van der Waals surface area contributed by atoms with Crippen LogP contribution in [-0.4, -0.2) is 20.2 Å². The Hall–Kier alpha value is -1.92. The number of carbonyl (C=O) groups excluding carboxylic acids is 1. The van der Waals surface area contributed by atoms with E-state index < -0.39 is 23.3 Å². The lowest BCUT2D eigenvalue weighted by Crippen LogP contribution is -2.15. The quantitative estimate of drug-likeness (QED) is 0.644. The van der Waals surface area contributed by atoms with Gasteiger partial charge in [0.25, 0.3) is 0 Å². The van der Waals surface area contributed by atoms with Crippen LogP contribution >= 0.6 is 0 Å². The number of alkyl halides is 3. The fourth-order valence-corrected chi connectivity index (χ4v) is 1.29. The molecule has 0 aliphatic carbocycles. The Balaban J connectivity index is 3.47. The molecule has 1 aromatic rings. The summed E-state index contributed by atoms with van der Waals surface area (Å²) in [6.45, 7) is 0. The predicted octanol–water partition coefficient (Wildman–Crippen LogP) is 2.08. The van der Waals surface area contributed by atoms with Gasteiger partial charge in [0, 0.05) is 0 Å². The predicted molar refractivity (Wildman–Crippen MR) is 53.7 cm³/mol. The Morgan fingerprint density at radius 2 is 1.88 bits per heavy atom. The first kappa shape index (κ1) is 13.1. The molecule has 1 rings (SSSR count). The number of methoxy groups -OCH3 is 2. The summed E-state index contributed by atoms with van der Waals surface area (Å²) < 4.78 is 47.0. The van der Waals surface area contributed by atoms with Crippen LogP contribution in [0.2, 0.25) is 0 Å². The third kappa shape index (κ3) is 2.61. The highest BCUT2D eigenvalue weighted by Crippen LogP contribution is 2.37. The lowest BCUT2D eigenvalue weighted by molar-refractivity contribution is -0.138. The SMILES string of the molecule is COC(=O)c1cc(N)c(OC)cc1C(F)(F)F. The zero-order valence-corrected chi connectivity index (χ0v) is 9.09. The summed E-state index contributed by atoms with van der Waals surface area (Å²) in [4.78, 5) is 11.2. The molecule has 0 atom stereocenters. The van der Waals surface area contributed by atoms with Gasteiger partial charge in [-0.1, -0.05) is 0 Å². The van der Waals surface area contributed by atoms with Crippen molar-refractivity contribution < 1.29 is 27.4 Å². The van der Waals surface area contributed by atoms with Crippen LogP contribution in [0.15, 0.2) is 12.1 Å². The van der Waals surface area contributed by atoms with E-state index in [0.29, 0.717) is 6.07 Å². The van der Waals surface area contributed by atoms with Gasteiger partial charge in [-0.3, -0.25) is 0 Å². The van der Waals surface area contributed by atoms with Gasteiger partial charge >= 0.3 is 12.1 Å². The summed E-state index contributed by atoms with van der Waals surface area (Å²) in [6, 6.07) is 1.55. The Morgan fingerprint density at radius 1 is 1.29 bits per heavy atom. The third-order valence-electron chi connectivity index (χ3n) is 2.08. The second-order valence-corrected chi connectivity index (χ2v) is 3.13. The molecule has 0 saturated carbocycles. The van der Waals surface area contributed by atoms with E-state index in [0.717, 1.165) is 13.2 Å². The number of halogens is 3. The van der Waals surface area contributed by atoms with Crippen molar-refractivity contribution in [1.29, 1.82) is 0 Å². The summed E-state index contributed by atoms with van der Waals surface area (Å²) in [5.41, 5.74) is 3.58. The van der Waals surface area contributed by atoms with Crippen LogP contribution in [0.1, 0.15) is 15.9 Å². The van der Waals surface area contributed by atoms with Gasteiger partial charge in [-0.2, -0.15) is 13.2 Å². The number of hydrogen-bond donors (Lipinski definition) is 1. The minimum atomic E-state index is -4.69. The molecule has 4 nitrogen and oxygen atoms in total. The topological polar surface area (TPSA) is 61.5 Å². The minimum absolute atomic E-state index is 0.0686. The number of rotatable bonds is 2. The van der Waals surface area contributed by atoms with E-state index in [4.69, 9.17) is 5.73 Å². The Morgan fingerprint density at radius 3 is 2.29 bits per heavy atom. The molecule has 7 heteroatoms. The average molecular weight is 249 g/mol. The van der Waals surface area contributed by atoms with Crippen LogP contribution in [-0.2, 0) is 10.9 Å². The molecule has 0 unspecified atom stereocenters. The summed E-state index contributed by atoms with van der Waals surface area (Å²) in [6.07, 6.45) is -4.69. The maximum atomic E-state index is 12.7. The molecule has 94 valence electrons. The number of anilines is 1. The second kappa shape index (κ2) is 4.52. The van der Waals surface area contributed by atoms with Crippen molar-refractivity contribution in [1.82, 2.24) is 0 Å². The van der Waals surface area contributed by atoms with Crippen molar-refractivity contribution in [3.63, 3.8) is 0 Å². The zero-order chi connectivity index (χ0) is 13.2. The van der Waals surface area contributed by atoms with E-state index >= 15 is 0 Å².